The average molecular weight is 213 g/mol. The topological polar surface area (TPSA) is 52.3 Å². The molecule has 15 heavy (non-hydrogen) atoms. The summed E-state index contributed by atoms with van der Waals surface area (Å²) in [5.41, 5.74) is 5.50. The average Bonchev–Trinajstić information content (AvgIpc) is 2.15. The van der Waals surface area contributed by atoms with Crippen LogP contribution in [0, 0.1) is 5.92 Å². The number of rotatable bonds is 2. The van der Waals surface area contributed by atoms with E-state index in [-0.39, 0.29) is 5.97 Å². The van der Waals surface area contributed by atoms with E-state index >= 15 is 0 Å². The zero-order valence-electron chi connectivity index (χ0n) is 10.1. The van der Waals surface area contributed by atoms with Gasteiger partial charge in [-0.25, -0.2) is 0 Å². The van der Waals surface area contributed by atoms with Gasteiger partial charge in [0, 0.05) is 0 Å². The summed E-state index contributed by atoms with van der Waals surface area (Å²) in [5, 5.41) is 0. The molecule has 0 aliphatic heterocycles. The Bertz CT molecular complexity index is 214. The molecule has 2 N–H and O–H groups in total. The first-order valence-corrected chi connectivity index (χ1v) is 5.88. The maximum atomic E-state index is 11.7. The third-order valence-electron chi connectivity index (χ3n) is 2.84. The van der Waals surface area contributed by atoms with Crippen LogP contribution in [0.4, 0.5) is 0 Å². The smallest absolute Gasteiger partial charge is 0.323 e. The first-order chi connectivity index (χ1) is 6.90. The highest BCUT2D eigenvalue weighted by Gasteiger charge is 2.29. The molecule has 1 aliphatic rings. The van der Waals surface area contributed by atoms with Crippen molar-refractivity contribution >= 4 is 5.97 Å². The standard InChI is InChI=1S/C12H23NO2/c1-12(2,3)15-11(14)10(13)9-7-5-4-6-8-9/h9-10H,4-8,13H2,1-3H3/t10-/m0/s1. The lowest BCUT2D eigenvalue weighted by Gasteiger charge is -2.29. The van der Waals surface area contributed by atoms with Crippen LogP contribution in [0.3, 0.4) is 0 Å². The summed E-state index contributed by atoms with van der Waals surface area (Å²) in [6.07, 6.45) is 5.81. The molecule has 0 amide bonds. The highest BCUT2D eigenvalue weighted by Crippen LogP contribution is 2.26. The molecule has 0 heterocycles. The summed E-state index contributed by atoms with van der Waals surface area (Å²) in [6.45, 7) is 5.62. The molecule has 3 heteroatoms. The van der Waals surface area contributed by atoms with Crippen LogP contribution in [0.2, 0.25) is 0 Å². The van der Waals surface area contributed by atoms with Crippen LogP contribution in [0.25, 0.3) is 0 Å². The first kappa shape index (κ1) is 12.5. The predicted octanol–water partition coefficient (Wildman–Crippen LogP) is 2.24. The zero-order valence-corrected chi connectivity index (χ0v) is 10.1. The molecule has 1 rings (SSSR count). The van der Waals surface area contributed by atoms with Gasteiger partial charge in [-0.3, -0.25) is 4.79 Å². The first-order valence-electron chi connectivity index (χ1n) is 5.88. The van der Waals surface area contributed by atoms with Gasteiger partial charge in [0.05, 0.1) is 0 Å². The molecule has 0 radical (unpaired) electrons. The lowest BCUT2D eigenvalue weighted by molar-refractivity contribution is -0.158. The molecule has 0 aromatic rings. The normalized spacial score (nSPS) is 21.1. The molecular weight excluding hydrogens is 190 g/mol. The highest BCUT2D eigenvalue weighted by molar-refractivity contribution is 5.76. The van der Waals surface area contributed by atoms with Gasteiger partial charge in [0.2, 0.25) is 0 Å². The Labute approximate surface area is 92.4 Å². The van der Waals surface area contributed by atoms with Gasteiger partial charge in [0.25, 0.3) is 0 Å². The van der Waals surface area contributed by atoms with E-state index in [1.54, 1.807) is 0 Å². The quantitative estimate of drug-likeness (QED) is 0.716. The Kier molecular flexibility index (Phi) is 4.14. The molecule has 1 saturated carbocycles. The molecule has 0 saturated heterocycles. The van der Waals surface area contributed by atoms with E-state index in [1.165, 1.54) is 19.3 Å². The number of carbonyl (C=O) groups excluding carboxylic acids is 1. The van der Waals surface area contributed by atoms with E-state index in [1.807, 2.05) is 20.8 Å². The summed E-state index contributed by atoms with van der Waals surface area (Å²) >= 11 is 0. The molecule has 0 bridgehead atoms. The molecule has 1 fully saturated rings. The number of hydrogen-bond acceptors (Lipinski definition) is 3. The molecule has 0 aromatic carbocycles. The summed E-state index contributed by atoms with van der Waals surface area (Å²) < 4.78 is 5.29. The molecule has 0 aromatic heterocycles. The van der Waals surface area contributed by atoms with Crippen LogP contribution in [0.1, 0.15) is 52.9 Å². The van der Waals surface area contributed by atoms with Crippen molar-refractivity contribution in [2.24, 2.45) is 11.7 Å². The predicted molar refractivity (Wildman–Crippen MR) is 60.4 cm³/mol. The molecule has 3 nitrogen and oxygen atoms in total. The van der Waals surface area contributed by atoms with E-state index in [9.17, 15) is 4.79 Å². The minimum absolute atomic E-state index is 0.241. The molecule has 1 atom stereocenters. The van der Waals surface area contributed by atoms with Gasteiger partial charge in [0.15, 0.2) is 0 Å². The van der Waals surface area contributed by atoms with Crippen molar-refractivity contribution in [1.29, 1.82) is 0 Å². The van der Waals surface area contributed by atoms with Gasteiger partial charge in [-0.15, -0.1) is 0 Å². The van der Waals surface area contributed by atoms with E-state index in [2.05, 4.69) is 0 Å². The lowest BCUT2D eigenvalue weighted by Crippen LogP contribution is -2.43. The Balaban J connectivity index is 2.44. The van der Waals surface area contributed by atoms with Crippen LogP contribution in [-0.4, -0.2) is 17.6 Å². The third-order valence-corrected chi connectivity index (χ3v) is 2.84. The zero-order chi connectivity index (χ0) is 11.5. The minimum Gasteiger partial charge on any atom is -0.459 e. The second kappa shape index (κ2) is 4.97. The van der Waals surface area contributed by atoms with Crippen molar-refractivity contribution in [3.63, 3.8) is 0 Å². The van der Waals surface area contributed by atoms with Gasteiger partial charge < -0.3 is 10.5 Å². The fourth-order valence-electron chi connectivity index (χ4n) is 2.06. The summed E-state index contributed by atoms with van der Waals surface area (Å²) in [4.78, 5) is 11.7. The molecule has 1 aliphatic carbocycles. The number of carbonyl (C=O) groups is 1. The van der Waals surface area contributed by atoms with E-state index in [0.717, 1.165) is 12.8 Å². The molecule has 88 valence electrons. The summed E-state index contributed by atoms with van der Waals surface area (Å²) in [7, 11) is 0. The van der Waals surface area contributed by atoms with Crippen molar-refractivity contribution < 1.29 is 9.53 Å². The Morgan fingerprint density at radius 1 is 1.27 bits per heavy atom. The van der Waals surface area contributed by atoms with Gasteiger partial charge in [-0.1, -0.05) is 19.3 Å². The van der Waals surface area contributed by atoms with Crippen molar-refractivity contribution in [2.45, 2.75) is 64.5 Å². The highest BCUT2D eigenvalue weighted by atomic mass is 16.6. The Morgan fingerprint density at radius 3 is 2.27 bits per heavy atom. The SMILES string of the molecule is CC(C)(C)OC(=O)[C@@H](N)C1CCCCC1. The van der Waals surface area contributed by atoms with Crippen molar-refractivity contribution in [3.05, 3.63) is 0 Å². The largest absolute Gasteiger partial charge is 0.459 e. The Morgan fingerprint density at radius 2 is 1.80 bits per heavy atom. The monoisotopic (exact) mass is 213 g/mol. The maximum absolute atomic E-state index is 11.7. The van der Waals surface area contributed by atoms with Crippen LogP contribution < -0.4 is 5.73 Å². The summed E-state index contributed by atoms with van der Waals surface area (Å²) in [6, 6.07) is -0.426. The van der Waals surface area contributed by atoms with E-state index in [4.69, 9.17) is 10.5 Å². The fraction of sp³-hybridized carbons (Fsp3) is 0.917. The fourth-order valence-corrected chi connectivity index (χ4v) is 2.06. The number of ether oxygens (including phenoxy) is 1. The van der Waals surface area contributed by atoms with Gasteiger partial charge in [0.1, 0.15) is 11.6 Å². The number of esters is 1. The van der Waals surface area contributed by atoms with Crippen LogP contribution >= 0.6 is 0 Å². The maximum Gasteiger partial charge on any atom is 0.323 e. The lowest BCUT2D eigenvalue weighted by atomic mass is 9.84. The second-order valence-corrected chi connectivity index (χ2v) is 5.46. The Hall–Kier alpha value is -0.570. The number of hydrogen-bond donors (Lipinski definition) is 1. The van der Waals surface area contributed by atoms with Gasteiger partial charge >= 0.3 is 5.97 Å². The van der Waals surface area contributed by atoms with Crippen LogP contribution in [-0.2, 0) is 9.53 Å². The molecule has 0 spiro atoms. The van der Waals surface area contributed by atoms with Crippen LogP contribution in [0.5, 0.6) is 0 Å². The van der Waals surface area contributed by atoms with E-state index in [0.29, 0.717) is 5.92 Å². The van der Waals surface area contributed by atoms with Crippen molar-refractivity contribution in [2.75, 3.05) is 0 Å². The van der Waals surface area contributed by atoms with E-state index < -0.39 is 11.6 Å². The van der Waals surface area contributed by atoms with Crippen LogP contribution in [0.15, 0.2) is 0 Å². The van der Waals surface area contributed by atoms with Gasteiger partial charge in [-0.2, -0.15) is 0 Å². The third kappa shape index (κ3) is 4.20. The second-order valence-electron chi connectivity index (χ2n) is 5.46. The molecule has 0 unspecified atom stereocenters. The number of nitrogens with two attached hydrogens (primary N) is 1. The van der Waals surface area contributed by atoms with Crippen molar-refractivity contribution in [1.82, 2.24) is 0 Å². The summed E-state index contributed by atoms with van der Waals surface area (Å²) in [5.74, 6) is 0.0861. The van der Waals surface area contributed by atoms with Gasteiger partial charge in [-0.05, 0) is 39.5 Å². The van der Waals surface area contributed by atoms with Crippen molar-refractivity contribution in [3.8, 4) is 0 Å². The molecular formula is C12H23NO2. The minimum atomic E-state index is -0.427.